The first-order valence-corrected chi connectivity index (χ1v) is 9.57. The molecule has 0 spiro atoms. The van der Waals surface area contributed by atoms with E-state index in [-0.39, 0.29) is 5.91 Å². The minimum atomic E-state index is 0.0877. The summed E-state index contributed by atoms with van der Waals surface area (Å²) in [6.07, 6.45) is 3.39. The van der Waals surface area contributed by atoms with Crippen molar-refractivity contribution in [2.75, 3.05) is 26.3 Å². The van der Waals surface area contributed by atoms with Crippen molar-refractivity contribution in [2.45, 2.75) is 19.3 Å². The van der Waals surface area contributed by atoms with Gasteiger partial charge in [0.2, 0.25) is 0 Å². The summed E-state index contributed by atoms with van der Waals surface area (Å²) in [6, 6.07) is 10.1. The van der Waals surface area contributed by atoms with Gasteiger partial charge in [-0.05, 0) is 36.7 Å². The van der Waals surface area contributed by atoms with Gasteiger partial charge in [0.1, 0.15) is 5.69 Å². The molecule has 2 aliphatic rings. The van der Waals surface area contributed by atoms with Crippen molar-refractivity contribution in [3.63, 3.8) is 0 Å². The van der Waals surface area contributed by atoms with Crippen LogP contribution >= 0.6 is 11.3 Å². The highest BCUT2D eigenvalue weighted by Crippen LogP contribution is 2.33. The largest absolute Gasteiger partial charge is 0.381 e. The third-order valence-electron chi connectivity index (χ3n) is 5.25. The number of thiazole rings is 1. The van der Waals surface area contributed by atoms with Gasteiger partial charge in [-0.1, -0.05) is 30.3 Å². The number of benzene rings is 1. The molecule has 4 nitrogen and oxygen atoms in total. The van der Waals surface area contributed by atoms with Gasteiger partial charge in [-0.3, -0.25) is 4.79 Å². The van der Waals surface area contributed by atoms with Crippen LogP contribution in [0.3, 0.4) is 0 Å². The number of hydrogen-bond acceptors (Lipinski definition) is 4. The smallest absolute Gasteiger partial charge is 0.273 e. The minimum Gasteiger partial charge on any atom is -0.381 e. The molecule has 0 radical (unpaired) electrons. The summed E-state index contributed by atoms with van der Waals surface area (Å²) in [6.45, 7) is 3.47. The van der Waals surface area contributed by atoms with Crippen molar-refractivity contribution in [1.82, 2.24) is 9.88 Å². The quantitative estimate of drug-likeness (QED) is 0.854. The molecular formula is C19H22N2O2S. The number of hydrogen-bond donors (Lipinski definition) is 0. The van der Waals surface area contributed by atoms with Gasteiger partial charge in [0.15, 0.2) is 0 Å². The van der Waals surface area contributed by atoms with E-state index in [4.69, 9.17) is 4.74 Å². The molecule has 5 heteroatoms. The van der Waals surface area contributed by atoms with Crippen LogP contribution < -0.4 is 0 Å². The second-order valence-corrected chi connectivity index (χ2v) is 7.50. The highest BCUT2D eigenvalue weighted by atomic mass is 32.1. The van der Waals surface area contributed by atoms with Gasteiger partial charge in [0.05, 0.1) is 10.4 Å². The minimum absolute atomic E-state index is 0.0877. The Bertz CT molecular complexity index is 694. The zero-order valence-electron chi connectivity index (χ0n) is 13.7. The topological polar surface area (TPSA) is 42.4 Å². The molecular weight excluding hydrogens is 320 g/mol. The van der Waals surface area contributed by atoms with Crippen molar-refractivity contribution in [3.05, 3.63) is 41.5 Å². The van der Waals surface area contributed by atoms with Gasteiger partial charge < -0.3 is 9.64 Å². The van der Waals surface area contributed by atoms with E-state index < -0.39 is 0 Å². The van der Waals surface area contributed by atoms with E-state index in [1.165, 1.54) is 0 Å². The van der Waals surface area contributed by atoms with Crippen LogP contribution in [0.25, 0.3) is 10.4 Å². The predicted octanol–water partition coefficient (Wildman–Crippen LogP) is 3.70. The van der Waals surface area contributed by atoms with Crippen LogP contribution in [0.2, 0.25) is 0 Å². The van der Waals surface area contributed by atoms with E-state index in [0.717, 1.165) is 56.0 Å². The third kappa shape index (κ3) is 3.10. The molecule has 2 aromatic rings. The van der Waals surface area contributed by atoms with Gasteiger partial charge in [-0.15, -0.1) is 11.3 Å². The molecule has 1 aromatic heterocycles. The summed E-state index contributed by atoms with van der Waals surface area (Å²) < 4.78 is 5.47. The molecule has 0 N–H and O–H groups in total. The number of carbonyl (C=O) groups is 1. The number of rotatable bonds is 3. The molecule has 0 unspecified atom stereocenters. The van der Waals surface area contributed by atoms with Crippen molar-refractivity contribution in [3.8, 4) is 10.4 Å². The van der Waals surface area contributed by atoms with E-state index in [1.807, 2.05) is 35.2 Å². The zero-order chi connectivity index (χ0) is 16.4. The zero-order valence-corrected chi connectivity index (χ0v) is 14.5. The molecule has 1 aromatic carbocycles. The Balaban J connectivity index is 1.48. The maximum absolute atomic E-state index is 13.0. The lowest BCUT2D eigenvalue weighted by Crippen LogP contribution is -2.31. The molecule has 1 amide bonds. The Labute approximate surface area is 146 Å². The van der Waals surface area contributed by atoms with E-state index >= 15 is 0 Å². The standard InChI is InChI=1S/C19H22N2O2S/c22-19(17-18(24-13-20-17)15-4-2-1-3-5-15)21-9-6-16(12-21)14-7-10-23-11-8-14/h1-5,13-14,16H,6-12H2/t16-/m1/s1. The van der Waals surface area contributed by atoms with Crippen molar-refractivity contribution >= 4 is 17.2 Å². The Kier molecular flexibility index (Phi) is 4.63. The average molecular weight is 342 g/mol. The summed E-state index contributed by atoms with van der Waals surface area (Å²) in [4.78, 5) is 20.3. The molecule has 126 valence electrons. The molecule has 0 bridgehead atoms. The number of carbonyl (C=O) groups excluding carboxylic acids is 1. The second-order valence-electron chi connectivity index (χ2n) is 6.65. The van der Waals surface area contributed by atoms with Gasteiger partial charge >= 0.3 is 0 Å². The van der Waals surface area contributed by atoms with Crippen LogP contribution in [0, 0.1) is 11.8 Å². The molecule has 24 heavy (non-hydrogen) atoms. The van der Waals surface area contributed by atoms with Crippen molar-refractivity contribution in [1.29, 1.82) is 0 Å². The molecule has 0 saturated carbocycles. The lowest BCUT2D eigenvalue weighted by Gasteiger charge is -2.27. The molecule has 2 aliphatic heterocycles. The van der Waals surface area contributed by atoms with Crippen LogP contribution in [0.15, 0.2) is 35.8 Å². The second kappa shape index (κ2) is 7.03. The number of likely N-dealkylation sites (tertiary alicyclic amines) is 1. The summed E-state index contributed by atoms with van der Waals surface area (Å²) in [5.41, 5.74) is 3.46. The Morgan fingerprint density at radius 2 is 1.92 bits per heavy atom. The van der Waals surface area contributed by atoms with Crippen molar-refractivity contribution < 1.29 is 9.53 Å². The van der Waals surface area contributed by atoms with Crippen LogP contribution in [0.5, 0.6) is 0 Å². The van der Waals surface area contributed by atoms with Gasteiger partial charge in [0.25, 0.3) is 5.91 Å². The van der Waals surface area contributed by atoms with Gasteiger partial charge in [0, 0.05) is 26.3 Å². The van der Waals surface area contributed by atoms with Gasteiger partial charge in [-0.25, -0.2) is 4.98 Å². The molecule has 1 atom stereocenters. The van der Waals surface area contributed by atoms with Crippen LogP contribution in [-0.2, 0) is 4.74 Å². The maximum Gasteiger partial charge on any atom is 0.273 e. The SMILES string of the molecule is O=C(c1ncsc1-c1ccccc1)N1CC[C@@H](C2CCOCC2)C1. The number of aromatic nitrogens is 1. The van der Waals surface area contributed by atoms with Crippen LogP contribution in [0.1, 0.15) is 29.8 Å². The first kappa shape index (κ1) is 15.8. The molecule has 2 saturated heterocycles. The summed E-state index contributed by atoms with van der Waals surface area (Å²) in [7, 11) is 0. The summed E-state index contributed by atoms with van der Waals surface area (Å²) >= 11 is 1.54. The van der Waals surface area contributed by atoms with E-state index in [0.29, 0.717) is 17.5 Å². The molecule has 3 heterocycles. The number of ether oxygens (including phenoxy) is 1. The monoisotopic (exact) mass is 342 g/mol. The highest BCUT2D eigenvalue weighted by molar-refractivity contribution is 7.13. The van der Waals surface area contributed by atoms with E-state index in [1.54, 1.807) is 16.8 Å². The lowest BCUT2D eigenvalue weighted by atomic mass is 9.85. The fourth-order valence-corrected chi connectivity index (χ4v) is 4.67. The first-order valence-electron chi connectivity index (χ1n) is 8.69. The average Bonchev–Trinajstić information content (AvgIpc) is 3.32. The number of nitrogens with zero attached hydrogens (tertiary/aromatic N) is 2. The molecule has 0 aliphatic carbocycles. The number of amides is 1. The summed E-state index contributed by atoms with van der Waals surface area (Å²) in [5.74, 6) is 1.42. The first-order chi connectivity index (χ1) is 11.8. The highest BCUT2D eigenvalue weighted by Gasteiger charge is 2.34. The Morgan fingerprint density at radius 1 is 1.12 bits per heavy atom. The fraction of sp³-hybridized carbons (Fsp3) is 0.474. The Morgan fingerprint density at radius 3 is 2.71 bits per heavy atom. The lowest BCUT2D eigenvalue weighted by molar-refractivity contribution is 0.0471. The van der Waals surface area contributed by atoms with Gasteiger partial charge in [-0.2, -0.15) is 0 Å². The van der Waals surface area contributed by atoms with Crippen molar-refractivity contribution in [2.24, 2.45) is 11.8 Å². The van der Waals surface area contributed by atoms with Crippen LogP contribution in [-0.4, -0.2) is 42.1 Å². The predicted molar refractivity (Wildman–Crippen MR) is 95.1 cm³/mol. The third-order valence-corrected chi connectivity index (χ3v) is 6.13. The fourth-order valence-electron chi connectivity index (χ4n) is 3.89. The van der Waals surface area contributed by atoms with Crippen LogP contribution in [0.4, 0.5) is 0 Å². The van der Waals surface area contributed by atoms with E-state index in [2.05, 4.69) is 4.98 Å². The maximum atomic E-state index is 13.0. The molecule has 4 rings (SSSR count). The molecule has 2 fully saturated rings. The summed E-state index contributed by atoms with van der Waals surface area (Å²) in [5, 5.41) is 0. The Hall–Kier alpha value is -1.72. The normalized spacial score (nSPS) is 22.0. The van der Waals surface area contributed by atoms with E-state index in [9.17, 15) is 4.79 Å².